The van der Waals surface area contributed by atoms with Crippen LogP contribution in [0.5, 0.6) is 0 Å². The average Bonchev–Trinajstić information content (AvgIpc) is 3.07. The molecule has 130 valence electrons. The summed E-state index contributed by atoms with van der Waals surface area (Å²) < 4.78 is 7.09. The Morgan fingerprint density at radius 1 is 1.29 bits per heavy atom. The van der Waals surface area contributed by atoms with Crippen LogP contribution in [0.25, 0.3) is 0 Å². The van der Waals surface area contributed by atoms with Gasteiger partial charge in [0.15, 0.2) is 5.96 Å². The van der Waals surface area contributed by atoms with Crippen molar-refractivity contribution in [1.82, 2.24) is 20.4 Å². The SMILES string of the molecule is CCNC(=NCc1ccccc1Cn1cccn1)NC(C)COC. The number of hydrogen-bond acceptors (Lipinski definition) is 3. The van der Waals surface area contributed by atoms with Gasteiger partial charge >= 0.3 is 0 Å². The van der Waals surface area contributed by atoms with E-state index in [4.69, 9.17) is 9.73 Å². The first-order chi connectivity index (χ1) is 11.7. The minimum absolute atomic E-state index is 0.201. The highest BCUT2D eigenvalue weighted by atomic mass is 16.5. The van der Waals surface area contributed by atoms with E-state index in [2.05, 4.69) is 47.8 Å². The molecule has 1 aromatic heterocycles. The number of rotatable bonds is 8. The van der Waals surface area contributed by atoms with Crippen molar-refractivity contribution in [3.63, 3.8) is 0 Å². The number of guanidine groups is 1. The molecule has 6 nitrogen and oxygen atoms in total. The molecule has 0 amide bonds. The van der Waals surface area contributed by atoms with Gasteiger partial charge in [-0.3, -0.25) is 4.68 Å². The van der Waals surface area contributed by atoms with Crippen LogP contribution in [0.4, 0.5) is 0 Å². The summed E-state index contributed by atoms with van der Waals surface area (Å²) in [6, 6.07) is 10.5. The Kier molecular flexibility index (Phi) is 7.29. The van der Waals surface area contributed by atoms with E-state index in [-0.39, 0.29) is 6.04 Å². The summed E-state index contributed by atoms with van der Waals surface area (Å²) in [5.41, 5.74) is 2.43. The Hall–Kier alpha value is -2.34. The highest BCUT2D eigenvalue weighted by Gasteiger charge is 2.06. The van der Waals surface area contributed by atoms with Crippen molar-refractivity contribution in [2.24, 2.45) is 4.99 Å². The van der Waals surface area contributed by atoms with Gasteiger partial charge in [-0.15, -0.1) is 0 Å². The third-order valence-electron chi connectivity index (χ3n) is 3.56. The molecule has 24 heavy (non-hydrogen) atoms. The van der Waals surface area contributed by atoms with Crippen molar-refractivity contribution in [2.75, 3.05) is 20.3 Å². The summed E-state index contributed by atoms with van der Waals surface area (Å²) >= 11 is 0. The molecule has 1 atom stereocenters. The molecular formula is C18H27N5O. The molecule has 0 aliphatic rings. The lowest BCUT2D eigenvalue weighted by Gasteiger charge is -2.17. The Balaban J connectivity index is 2.07. The van der Waals surface area contributed by atoms with E-state index in [1.54, 1.807) is 13.3 Å². The fourth-order valence-corrected chi connectivity index (χ4v) is 2.44. The second-order valence-electron chi connectivity index (χ2n) is 5.67. The first kappa shape index (κ1) is 18.0. The Morgan fingerprint density at radius 2 is 2.08 bits per heavy atom. The third kappa shape index (κ3) is 5.70. The van der Waals surface area contributed by atoms with E-state index in [9.17, 15) is 0 Å². The summed E-state index contributed by atoms with van der Waals surface area (Å²) in [7, 11) is 1.70. The van der Waals surface area contributed by atoms with E-state index >= 15 is 0 Å². The molecule has 1 heterocycles. The molecule has 1 unspecified atom stereocenters. The van der Waals surface area contributed by atoms with Gasteiger partial charge in [0.1, 0.15) is 0 Å². The molecule has 0 fully saturated rings. The lowest BCUT2D eigenvalue weighted by molar-refractivity contribution is 0.179. The molecule has 0 aliphatic carbocycles. The van der Waals surface area contributed by atoms with E-state index in [0.29, 0.717) is 13.2 Å². The highest BCUT2D eigenvalue weighted by molar-refractivity contribution is 5.80. The van der Waals surface area contributed by atoms with E-state index in [1.807, 2.05) is 23.0 Å². The smallest absolute Gasteiger partial charge is 0.191 e. The minimum Gasteiger partial charge on any atom is -0.383 e. The van der Waals surface area contributed by atoms with Gasteiger partial charge in [-0.2, -0.15) is 5.10 Å². The first-order valence-electron chi connectivity index (χ1n) is 8.31. The number of hydrogen-bond donors (Lipinski definition) is 2. The maximum atomic E-state index is 5.17. The zero-order valence-electron chi connectivity index (χ0n) is 14.7. The monoisotopic (exact) mass is 329 g/mol. The van der Waals surface area contributed by atoms with Gasteiger partial charge < -0.3 is 15.4 Å². The maximum absolute atomic E-state index is 5.17. The number of aromatic nitrogens is 2. The van der Waals surface area contributed by atoms with E-state index < -0.39 is 0 Å². The minimum atomic E-state index is 0.201. The van der Waals surface area contributed by atoms with Gasteiger partial charge in [-0.05, 0) is 31.0 Å². The largest absolute Gasteiger partial charge is 0.383 e. The molecule has 0 saturated carbocycles. The lowest BCUT2D eigenvalue weighted by Crippen LogP contribution is -2.43. The van der Waals surface area contributed by atoms with Crippen LogP contribution in [0.15, 0.2) is 47.7 Å². The molecule has 1 aromatic carbocycles. The second kappa shape index (κ2) is 9.72. The lowest BCUT2D eigenvalue weighted by atomic mass is 10.1. The average molecular weight is 329 g/mol. The summed E-state index contributed by atoms with van der Waals surface area (Å²) in [6.07, 6.45) is 3.77. The summed E-state index contributed by atoms with van der Waals surface area (Å²) in [4.78, 5) is 4.71. The predicted molar refractivity (Wildman–Crippen MR) is 97.1 cm³/mol. The molecular weight excluding hydrogens is 302 g/mol. The Morgan fingerprint density at radius 3 is 2.75 bits per heavy atom. The third-order valence-corrected chi connectivity index (χ3v) is 3.56. The van der Waals surface area contributed by atoms with Crippen LogP contribution in [0, 0.1) is 0 Å². The predicted octanol–water partition coefficient (Wildman–Crippen LogP) is 2.02. The molecule has 2 rings (SSSR count). The molecule has 2 N–H and O–H groups in total. The van der Waals surface area contributed by atoms with E-state index in [1.165, 1.54) is 11.1 Å². The standard InChI is InChI=1S/C18H27N5O/c1-4-19-18(22-15(2)14-24-3)20-12-16-8-5-6-9-17(16)13-23-11-7-10-21-23/h5-11,15H,4,12-14H2,1-3H3,(H2,19,20,22). The van der Waals surface area contributed by atoms with Gasteiger partial charge in [-0.1, -0.05) is 24.3 Å². The van der Waals surface area contributed by atoms with Crippen LogP contribution in [-0.4, -0.2) is 42.0 Å². The zero-order chi connectivity index (χ0) is 17.2. The van der Waals surface area contributed by atoms with Crippen LogP contribution >= 0.6 is 0 Å². The van der Waals surface area contributed by atoms with Crippen molar-refractivity contribution in [2.45, 2.75) is 33.0 Å². The fraction of sp³-hybridized carbons (Fsp3) is 0.444. The molecule has 0 saturated heterocycles. The number of methoxy groups -OCH3 is 1. The Labute approximate surface area is 143 Å². The van der Waals surface area contributed by atoms with Crippen LogP contribution in [0.2, 0.25) is 0 Å². The molecule has 0 spiro atoms. The van der Waals surface area contributed by atoms with Gasteiger partial charge in [-0.25, -0.2) is 4.99 Å². The summed E-state index contributed by atoms with van der Waals surface area (Å²) in [5.74, 6) is 0.802. The molecule has 0 aliphatic heterocycles. The van der Waals surface area contributed by atoms with Crippen molar-refractivity contribution in [1.29, 1.82) is 0 Å². The summed E-state index contributed by atoms with van der Waals surface area (Å²) in [5, 5.41) is 10.9. The molecule has 6 heteroatoms. The van der Waals surface area contributed by atoms with Crippen molar-refractivity contribution in [3.8, 4) is 0 Å². The Bertz CT molecular complexity index is 624. The fourth-order valence-electron chi connectivity index (χ4n) is 2.44. The number of aliphatic imine (C=N–C) groups is 1. The molecule has 2 aromatic rings. The van der Waals surface area contributed by atoms with Gasteiger partial charge in [0.2, 0.25) is 0 Å². The van der Waals surface area contributed by atoms with Crippen molar-refractivity contribution < 1.29 is 4.74 Å². The number of ether oxygens (including phenoxy) is 1. The van der Waals surface area contributed by atoms with Crippen LogP contribution in [0.1, 0.15) is 25.0 Å². The normalized spacial score (nSPS) is 12.9. The number of benzene rings is 1. The van der Waals surface area contributed by atoms with Crippen LogP contribution < -0.4 is 10.6 Å². The quantitative estimate of drug-likeness (QED) is 0.574. The van der Waals surface area contributed by atoms with Crippen LogP contribution in [0.3, 0.4) is 0 Å². The molecule has 0 bridgehead atoms. The van der Waals surface area contributed by atoms with E-state index in [0.717, 1.165) is 19.0 Å². The highest BCUT2D eigenvalue weighted by Crippen LogP contribution is 2.11. The first-order valence-corrected chi connectivity index (χ1v) is 8.31. The van der Waals surface area contributed by atoms with Gasteiger partial charge in [0.05, 0.1) is 19.7 Å². The maximum Gasteiger partial charge on any atom is 0.191 e. The van der Waals surface area contributed by atoms with Crippen molar-refractivity contribution in [3.05, 3.63) is 53.9 Å². The zero-order valence-corrected chi connectivity index (χ0v) is 14.7. The summed E-state index contributed by atoms with van der Waals surface area (Å²) in [6.45, 7) is 6.96. The molecule has 0 radical (unpaired) electrons. The number of nitrogens with zero attached hydrogens (tertiary/aromatic N) is 3. The van der Waals surface area contributed by atoms with Gasteiger partial charge in [0, 0.05) is 32.1 Å². The topological polar surface area (TPSA) is 63.5 Å². The second-order valence-corrected chi connectivity index (χ2v) is 5.67. The van der Waals surface area contributed by atoms with Gasteiger partial charge in [0.25, 0.3) is 0 Å². The number of nitrogens with one attached hydrogen (secondary N) is 2. The van der Waals surface area contributed by atoms with Crippen molar-refractivity contribution >= 4 is 5.96 Å². The van der Waals surface area contributed by atoms with Crippen LogP contribution in [-0.2, 0) is 17.8 Å².